The zero-order valence-corrected chi connectivity index (χ0v) is 21.0. The minimum Gasteiger partial charge on any atom is -0.497 e. The lowest BCUT2D eigenvalue weighted by atomic mass is 9.97. The van der Waals surface area contributed by atoms with Gasteiger partial charge in [-0.25, -0.2) is 9.80 Å². The average molecular weight is 544 g/mol. The van der Waals surface area contributed by atoms with Crippen LogP contribution in [0.5, 0.6) is 5.75 Å². The number of carbonyl (C=O) groups excluding carboxylic acids is 2. The number of hydrogen-bond donors (Lipinski definition) is 0. The maximum absolute atomic E-state index is 13.2. The molecule has 0 aliphatic carbocycles. The zero-order valence-electron chi connectivity index (χ0n) is 19.4. The van der Waals surface area contributed by atoms with Gasteiger partial charge in [0.2, 0.25) is 0 Å². The molecule has 7 nitrogen and oxygen atoms in total. The van der Waals surface area contributed by atoms with Crippen LogP contribution in [0.4, 0.5) is 0 Å². The number of aromatic nitrogens is 1. The monoisotopic (exact) mass is 543 g/mol. The van der Waals surface area contributed by atoms with E-state index in [1.165, 1.54) is 11.2 Å². The van der Waals surface area contributed by atoms with E-state index < -0.39 is 18.5 Å². The van der Waals surface area contributed by atoms with E-state index in [0.717, 1.165) is 33.4 Å². The minimum atomic E-state index is -0.629. The number of halogens is 1. The van der Waals surface area contributed by atoms with Crippen LogP contribution >= 0.6 is 15.9 Å². The highest BCUT2D eigenvalue weighted by Gasteiger charge is 2.33. The molecule has 2 heterocycles. The standard InChI is InChI=1S/C28H22BrN3O4/c1-35-24-10-8-19(9-11-24)26-14-25(21-7-6-18-4-2-3-5-20(18)12-21)31-32(26)27(33)17-36-28(34)22-13-23(29)16-30-15-22/h2-13,15-16,26H,14,17H2,1H3. The number of methoxy groups -OCH3 is 1. The van der Waals surface area contributed by atoms with Crippen LogP contribution in [-0.4, -0.2) is 41.3 Å². The molecule has 0 saturated carbocycles. The normalized spacial score (nSPS) is 15.0. The maximum atomic E-state index is 13.2. The number of hydrazone groups is 1. The van der Waals surface area contributed by atoms with Crippen molar-refractivity contribution in [2.75, 3.05) is 13.7 Å². The van der Waals surface area contributed by atoms with E-state index >= 15 is 0 Å². The summed E-state index contributed by atoms with van der Waals surface area (Å²) < 4.78 is 11.2. The minimum absolute atomic E-state index is 0.255. The predicted octanol–water partition coefficient (Wildman–Crippen LogP) is 5.54. The smallest absolute Gasteiger partial charge is 0.340 e. The lowest BCUT2D eigenvalue weighted by Gasteiger charge is -2.22. The quantitative estimate of drug-likeness (QED) is 0.298. The largest absolute Gasteiger partial charge is 0.497 e. The number of carbonyl (C=O) groups is 2. The number of hydrogen-bond acceptors (Lipinski definition) is 6. The van der Waals surface area contributed by atoms with Gasteiger partial charge in [-0.3, -0.25) is 9.78 Å². The van der Waals surface area contributed by atoms with Crippen LogP contribution < -0.4 is 4.74 Å². The topological polar surface area (TPSA) is 81.1 Å². The number of esters is 1. The van der Waals surface area contributed by atoms with Crippen LogP contribution in [0.2, 0.25) is 0 Å². The molecule has 1 amide bonds. The summed E-state index contributed by atoms with van der Waals surface area (Å²) in [5.74, 6) is -0.319. The first-order chi connectivity index (χ1) is 17.5. The second kappa shape index (κ2) is 10.3. The third-order valence-corrected chi connectivity index (χ3v) is 6.45. The highest BCUT2D eigenvalue weighted by atomic mass is 79.9. The van der Waals surface area contributed by atoms with Crippen molar-refractivity contribution in [1.82, 2.24) is 9.99 Å². The molecule has 36 heavy (non-hydrogen) atoms. The SMILES string of the molecule is COc1ccc(C2CC(c3ccc4ccccc4c3)=NN2C(=O)COC(=O)c2cncc(Br)c2)cc1. The van der Waals surface area contributed by atoms with Crippen molar-refractivity contribution >= 4 is 44.3 Å². The van der Waals surface area contributed by atoms with Gasteiger partial charge in [0, 0.05) is 23.3 Å². The highest BCUT2D eigenvalue weighted by Crippen LogP contribution is 2.34. The van der Waals surface area contributed by atoms with Gasteiger partial charge >= 0.3 is 5.97 Å². The number of benzene rings is 3. The van der Waals surface area contributed by atoms with Gasteiger partial charge < -0.3 is 9.47 Å². The van der Waals surface area contributed by atoms with Gasteiger partial charge in [0.1, 0.15) is 5.75 Å². The number of ether oxygens (including phenoxy) is 2. The van der Waals surface area contributed by atoms with Gasteiger partial charge in [-0.05, 0) is 62.1 Å². The second-order valence-corrected chi connectivity index (χ2v) is 9.22. The van der Waals surface area contributed by atoms with Crippen molar-refractivity contribution in [3.8, 4) is 5.75 Å². The van der Waals surface area contributed by atoms with E-state index in [4.69, 9.17) is 9.47 Å². The third-order valence-electron chi connectivity index (χ3n) is 6.02. The molecule has 1 unspecified atom stereocenters. The average Bonchev–Trinajstić information content (AvgIpc) is 3.37. The summed E-state index contributed by atoms with van der Waals surface area (Å²) in [6.45, 7) is -0.438. The van der Waals surface area contributed by atoms with Gasteiger partial charge in [0.15, 0.2) is 6.61 Å². The maximum Gasteiger partial charge on any atom is 0.340 e. The Labute approximate surface area is 216 Å². The molecule has 5 rings (SSSR count). The number of rotatable bonds is 6. The van der Waals surface area contributed by atoms with Crippen molar-refractivity contribution < 1.29 is 19.1 Å². The fourth-order valence-electron chi connectivity index (χ4n) is 4.17. The van der Waals surface area contributed by atoms with Crippen LogP contribution in [0.25, 0.3) is 10.8 Å². The molecule has 0 N–H and O–H groups in total. The lowest BCUT2D eigenvalue weighted by molar-refractivity contribution is -0.136. The molecule has 1 aliphatic heterocycles. The number of fused-ring (bicyclic) bond motifs is 1. The number of amides is 1. The van der Waals surface area contributed by atoms with Gasteiger partial charge in [-0.2, -0.15) is 5.10 Å². The summed E-state index contributed by atoms with van der Waals surface area (Å²) in [6.07, 6.45) is 3.48. The van der Waals surface area contributed by atoms with Crippen LogP contribution in [0.3, 0.4) is 0 Å². The Hall–Kier alpha value is -4.04. The van der Waals surface area contributed by atoms with Gasteiger partial charge in [0.05, 0.1) is 24.4 Å². The number of pyridine rings is 1. The molecular formula is C28H22BrN3O4. The Balaban J connectivity index is 1.41. The second-order valence-electron chi connectivity index (χ2n) is 8.31. The van der Waals surface area contributed by atoms with Crippen molar-refractivity contribution in [3.63, 3.8) is 0 Å². The Kier molecular flexibility index (Phi) is 6.77. The van der Waals surface area contributed by atoms with Crippen LogP contribution in [0, 0.1) is 0 Å². The number of nitrogens with zero attached hydrogens (tertiary/aromatic N) is 3. The van der Waals surface area contributed by atoms with Crippen molar-refractivity contribution in [2.45, 2.75) is 12.5 Å². The molecule has 3 aromatic carbocycles. The molecule has 180 valence electrons. The molecule has 0 fully saturated rings. The summed E-state index contributed by atoms with van der Waals surface area (Å²) in [5, 5.41) is 8.33. The fourth-order valence-corrected chi connectivity index (χ4v) is 4.53. The highest BCUT2D eigenvalue weighted by molar-refractivity contribution is 9.10. The van der Waals surface area contributed by atoms with E-state index in [2.05, 4.69) is 44.2 Å². The molecule has 1 atom stereocenters. The Morgan fingerprint density at radius 3 is 2.53 bits per heavy atom. The predicted molar refractivity (Wildman–Crippen MR) is 140 cm³/mol. The molecule has 4 aromatic rings. The Bertz CT molecular complexity index is 1470. The van der Waals surface area contributed by atoms with Crippen molar-refractivity contribution in [3.05, 3.63) is 106 Å². The van der Waals surface area contributed by atoms with E-state index in [1.807, 2.05) is 48.5 Å². The molecule has 0 spiro atoms. The molecule has 0 saturated heterocycles. The van der Waals surface area contributed by atoms with E-state index in [0.29, 0.717) is 10.9 Å². The fraction of sp³-hybridized carbons (Fsp3) is 0.143. The van der Waals surface area contributed by atoms with Gasteiger partial charge in [-0.15, -0.1) is 0 Å². The van der Waals surface area contributed by atoms with Crippen LogP contribution in [0.1, 0.15) is 33.9 Å². The Morgan fingerprint density at radius 1 is 1.00 bits per heavy atom. The molecule has 1 aliphatic rings. The summed E-state index contributed by atoms with van der Waals surface area (Å²) in [4.78, 5) is 29.6. The Morgan fingerprint density at radius 2 is 1.78 bits per heavy atom. The molecule has 8 heteroatoms. The van der Waals surface area contributed by atoms with Crippen LogP contribution in [0.15, 0.2) is 94.8 Å². The lowest BCUT2D eigenvalue weighted by Crippen LogP contribution is -2.31. The summed E-state index contributed by atoms with van der Waals surface area (Å²) in [7, 11) is 1.61. The summed E-state index contributed by atoms with van der Waals surface area (Å²) >= 11 is 3.28. The molecule has 0 radical (unpaired) electrons. The third kappa shape index (κ3) is 4.99. The molecule has 1 aromatic heterocycles. The molecular weight excluding hydrogens is 522 g/mol. The zero-order chi connectivity index (χ0) is 25.1. The van der Waals surface area contributed by atoms with Crippen molar-refractivity contribution in [2.24, 2.45) is 5.10 Å². The van der Waals surface area contributed by atoms with E-state index in [-0.39, 0.29) is 11.6 Å². The van der Waals surface area contributed by atoms with Gasteiger partial charge in [0.25, 0.3) is 5.91 Å². The van der Waals surface area contributed by atoms with E-state index in [9.17, 15) is 9.59 Å². The first-order valence-electron chi connectivity index (χ1n) is 11.3. The summed E-state index contributed by atoms with van der Waals surface area (Å²) in [5.41, 5.74) is 2.90. The van der Waals surface area contributed by atoms with Gasteiger partial charge in [-0.1, -0.05) is 48.5 Å². The van der Waals surface area contributed by atoms with Crippen LogP contribution in [-0.2, 0) is 9.53 Å². The summed E-state index contributed by atoms with van der Waals surface area (Å²) in [6, 6.07) is 23.0. The van der Waals surface area contributed by atoms with E-state index in [1.54, 1.807) is 19.4 Å². The molecule has 0 bridgehead atoms. The van der Waals surface area contributed by atoms with Crippen molar-refractivity contribution in [1.29, 1.82) is 0 Å². The first kappa shape index (κ1) is 23.7. The first-order valence-corrected chi connectivity index (χ1v) is 12.1.